The summed E-state index contributed by atoms with van der Waals surface area (Å²) >= 11 is 0. The van der Waals surface area contributed by atoms with Crippen molar-refractivity contribution >= 4 is 21.9 Å². The number of ether oxygens (including phenoxy) is 1. The number of unbranched alkanes of at least 4 members (excludes halogenated alkanes) is 10. The molecule has 7 heteroatoms. The van der Waals surface area contributed by atoms with Crippen LogP contribution in [0.15, 0.2) is 0 Å². The Balaban J connectivity index is 4.18. The van der Waals surface area contributed by atoms with Gasteiger partial charge >= 0.3 is 5.97 Å². The maximum absolute atomic E-state index is 12.1. The molecule has 1 atom stereocenters. The Morgan fingerprint density at radius 2 is 1.30 bits per heavy atom. The van der Waals surface area contributed by atoms with Gasteiger partial charge in [-0.1, -0.05) is 78.1 Å². The quantitative estimate of drug-likeness (QED) is 0.198. The Kier molecular flexibility index (Phi) is 15.5. The van der Waals surface area contributed by atoms with Gasteiger partial charge in [-0.3, -0.25) is 14.1 Å². The average Bonchev–Trinajstić information content (AvgIpc) is 2.60. The molecule has 0 amide bonds. The predicted molar refractivity (Wildman–Crippen MR) is 107 cm³/mol. The monoisotopic (exact) mass is 406 g/mol. The van der Waals surface area contributed by atoms with E-state index in [2.05, 4.69) is 13.8 Å². The SMILES string of the molecule is CCCCCCCCOC(=O)CC(C(=O)CCCCCCCC)S(=O)(=O)O. The van der Waals surface area contributed by atoms with Crippen molar-refractivity contribution in [3.63, 3.8) is 0 Å². The van der Waals surface area contributed by atoms with Crippen molar-refractivity contribution in [2.45, 2.75) is 109 Å². The Bertz CT molecular complexity index is 501. The maximum atomic E-state index is 12.1. The van der Waals surface area contributed by atoms with Gasteiger partial charge < -0.3 is 4.74 Å². The highest BCUT2D eigenvalue weighted by molar-refractivity contribution is 7.87. The number of hydrogen-bond donors (Lipinski definition) is 1. The Labute approximate surface area is 165 Å². The molecule has 0 aromatic carbocycles. The van der Waals surface area contributed by atoms with Crippen LogP contribution in [0.25, 0.3) is 0 Å². The molecule has 1 unspecified atom stereocenters. The van der Waals surface area contributed by atoms with Gasteiger partial charge in [-0.2, -0.15) is 8.42 Å². The standard InChI is InChI=1S/C20H38O6S/c1-3-5-7-9-11-13-15-18(21)19(27(23,24)25)17-20(22)26-16-14-12-10-8-6-4-2/h19H,3-17H2,1-2H3,(H,23,24,25). The summed E-state index contributed by atoms with van der Waals surface area (Å²) in [5, 5.41) is -1.70. The number of carbonyl (C=O) groups is 2. The molecule has 0 bridgehead atoms. The van der Waals surface area contributed by atoms with E-state index in [-0.39, 0.29) is 13.0 Å². The van der Waals surface area contributed by atoms with Gasteiger partial charge in [0, 0.05) is 6.42 Å². The summed E-state index contributed by atoms with van der Waals surface area (Å²) < 4.78 is 37.3. The van der Waals surface area contributed by atoms with Crippen LogP contribution in [0.4, 0.5) is 0 Å². The average molecular weight is 407 g/mol. The summed E-state index contributed by atoms with van der Waals surface area (Å²) in [6.07, 6.45) is 11.5. The topological polar surface area (TPSA) is 97.7 Å². The summed E-state index contributed by atoms with van der Waals surface area (Å²) in [6.45, 7) is 4.47. The van der Waals surface area contributed by atoms with E-state index in [4.69, 9.17) is 4.74 Å². The van der Waals surface area contributed by atoms with Gasteiger partial charge in [0.25, 0.3) is 10.1 Å². The highest BCUT2D eigenvalue weighted by Crippen LogP contribution is 2.14. The first kappa shape index (κ1) is 26.1. The number of rotatable bonds is 18. The molecule has 160 valence electrons. The van der Waals surface area contributed by atoms with Gasteiger partial charge in [0.05, 0.1) is 13.0 Å². The molecule has 0 saturated heterocycles. The third-order valence-corrected chi connectivity index (χ3v) is 5.76. The zero-order valence-corrected chi connectivity index (χ0v) is 17.9. The lowest BCUT2D eigenvalue weighted by atomic mass is 10.1. The fourth-order valence-electron chi connectivity index (χ4n) is 2.90. The molecule has 0 spiro atoms. The molecule has 0 saturated carbocycles. The van der Waals surface area contributed by atoms with Crippen molar-refractivity contribution in [2.24, 2.45) is 0 Å². The molecule has 0 radical (unpaired) electrons. The molecule has 0 aliphatic carbocycles. The van der Waals surface area contributed by atoms with E-state index < -0.39 is 33.5 Å². The van der Waals surface area contributed by atoms with Crippen LogP contribution in [-0.4, -0.2) is 36.6 Å². The van der Waals surface area contributed by atoms with Gasteiger partial charge in [0.15, 0.2) is 11.0 Å². The minimum atomic E-state index is -4.61. The summed E-state index contributed by atoms with van der Waals surface area (Å²) in [5.41, 5.74) is 0. The van der Waals surface area contributed by atoms with Crippen LogP contribution in [0.1, 0.15) is 104 Å². The van der Waals surface area contributed by atoms with Crippen LogP contribution in [0.5, 0.6) is 0 Å². The van der Waals surface area contributed by atoms with Crippen molar-refractivity contribution < 1.29 is 27.3 Å². The number of hydrogen-bond acceptors (Lipinski definition) is 5. The predicted octanol–water partition coefficient (Wildman–Crippen LogP) is 4.86. The van der Waals surface area contributed by atoms with E-state index in [9.17, 15) is 22.6 Å². The normalized spacial score (nSPS) is 12.7. The second-order valence-corrected chi connectivity index (χ2v) is 8.78. The zero-order chi connectivity index (χ0) is 20.5. The number of ketones is 1. The summed E-state index contributed by atoms with van der Waals surface area (Å²) in [6, 6.07) is 0. The second-order valence-electron chi connectivity index (χ2n) is 7.18. The molecule has 0 aliphatic rings. The van der Waals surface area contributed by atoms with E-state index in [1.54, 1.807) is 0 Å². The Hall–Kier alpha value is -0.950. The highest BCUT2D eigenvalue weighted by Gasteiger charge is 2.33. The molecule has 0 heterocycles. The minimum Gasteiger partial charge on any atom is -0.466 e. The first-order valence-corrected chi connectivity index (χ1v) is 12.0. The lowest BCUT2D eigenvalue weighted by molar-refractivity contribution is -0.144. The van der Waals surface area contributed by atoms with E-state index in [1.807, 2.05) is 0 Å². The van der Waals surface area contributed by atoms with Crippen LogP contribution in [-0.2, 0) is 24.4 Å². The summed E-state index contributed by atoms with van der Waals surface area (Å²) in [5.74, 6) is -1.35. The fraction of sp³-hybridized carbons (Fsp3) is 0.900. The lowest BCUT2D eigenvalue weighted by Gasteiger charge is -2.12. The van der Waals surface area contributed by atoms with Crippen molar-refractivity contribution in [3.05, 3.63) is 0 Å². The maximum Gasteiger partial charge on any atom is 0.307 e. The Morgan fingerprint density at radius 1 is 0.815 bits per heavy atom. The number of Topliss-reactive ketones (excluding diaryl/α,β-unsaturated/α-hetero) is 1. The molecule has 1 N–H and O–H groups in total. The zero-order valence-electron chi connectivity index (χ0n) is 17.1. The van der Waals surface area contributed by atoms with Gasteiger partial charge in [0.1, 0.15) is 0 Å². The van der Waals surface area contributed by atoms with Crippen molar-refractivity contribution in [1.29, 1.82) is 0 Å². The van der Waals surface area contributed by atoms with Crippen molar-refractivity contribution in [2.75, 3.05) is 6.61 Å². The van der Waals surface area contributed by atoms with Crippen LogP contribution >= 0.6 is 0 Å². The molecule has 0 aromatic heterocycles. The van der Waals surface area contributed by atoms with E-state index >= 15 is 0 Å². The van der Waals surface area contributed by atoms with Crippen LogP contribution in [0.2, 0.25) is 0 Å². The highest BCUT2D eigenvalue weighted by atomic mass is 32.2. The minimum absolute atomic E-state index is 0.0568. The first-order chi connectivity index (χ1) is 12.8. The molecular formula is C20H38O6S. The fourth-order valence-corrected chi connectivity index (χ4v) is 3.70. The van der Waals surface area contributed by atoms with Gasteiger partial charge in [-0.15, -0.1) is 0 Å². The molecule has 6 nitrogen and oxygen atoms in total. The number of carbonyl (C=O) groups excluding carboxylic acids is 2. The summed E-state index contributed by atoms with van der Waals surface area (Å²) in [4.78, 5) is 24.0. The van der Waals surface area contributed by atoms with Crippen molar-refractivity contribution in [1.82, 2.24) is 0 Å². The van der Waals surface area contributed by atoms with Crippen LogP contribution in [0, 0.1) is 0 Å². The lowest BCUT2D eigenvalue weighted by Crippen LogP contribution is -2.33. The van der Waals surface area contributed by atoms with Crippen LogP contribution in [0.3, 0.4) is 0 Å². The van der Waals surface area contributed by atoms with E-state index in [1.165, 1.54) is 12.8 Å². The second kappa shape index (κ2) is 16.0. The largest absolute Gasteiger partial charge is 0.466 e. The Morgan fingerprint density at radius 3 is 1.81 bits per heavy atom. The van der Waals surface area contributed by atoms with E-state index in [0.717, 1.165) is 57.8 Å². The molecule has 0 rings (SSSR count). The van der Waals surface area contributed by atoms with Crippen molar-refractivity contribution in [3.8, 4) is 0 Å². The third kappa shape index (κ3) is 14.7. The summed E-state index contributed by atoms with van der Waals surface area (Å²) in [7, 11) is -4.61. The van der Waals surface area contributed by atoms with Gasteiger partial charge in [0.2, 0.25) is 0 Å². The molecule has 0 fully saturated rings. The molecular weight excluding hydrogens is 368 g/mol. The van der Waals surface area contributed by atoms with Gasteiger partial charge in [-0.25, -0.2) is 0 Å². The smallest absolute Gasteiger partial charge is 0.307 e. The molecule has 0 aliphatic heterocycles. The van der Waals surface area contributed by atoms with E-state index in [0.29, 0.717) is 6.42 Å². The number of esters is 1. The van der Waals surface area contributed by atoms with Crippen LogP contribution < -0.4 is 0 Å². The molecule has 27 heavy (non-hydrogen) atoms. The molecule has 0 aromatic rings. The third-order valence-electron chi connectivity index (χ3n) is 4.61. The first-order valence-electron chi connectivity index (χ1n) is 10.5. The van der Waals surface area contributed by atoms with Gasteiger partial charge in [-0.05, 0) is 12.8 Å².